The van der Waals surface area contributed by atoms with Crippen molar-refractivity contribution in [1.29, 1.82) is 0 Å². The van der Waals surface area contributed by atoms with Gasteiger partial charge in [-0.25, -0.2) is 4.98 Å². The van der Waals surface area contributed by atoms with E-state index in [-0.39, 0.29) is 23.4 Å². The average Bonchev–Trinajstić information content (AvgIpc) is 3.21. The molecule has 4 rings (SSSR count). The fraction of sp³-hybridized carbons (Fsp3) is 0.154. The summed E-state index contributed by atoms with van der Waals surface area (Å²) >= 11 is 6.16. The molecule has 162 valence electrons. The van der Waals surface area contributed by atoms with Crippen molar-refractivity contribution in [3.8, 4) is 39.6 Å². The molecule has 0 fully saturated rings. The molecule has 1 heterocycles. The van der Waals surface area contributed by atoms with Gasteiger partial charge in [-0.05, 0) is 41.8 Å². The summed E-state index contributed by atoms with van der Waals surface area (Å²) in [5, 5.41) is 14.1. The standard InChI is InChI=1S/C26H23ClN2O3/c1-2-3-12-23(31)28-26-24(19-10-7-11-20(27)15-19)29-25(32-26)21-14-13-18(16-22(21)30)17-8-5-4-6-9-17/h4-11,13-16,30H,2-3,12H2,1H3,(H,28,31). The maximum absolute atomic E-state index is 12.4. The second-order valence-corrected chi connectivity index (χ2v) is 7.89. The van der Waals surface area contributed by atoms with Gasteiger partial charge in [-0.15, -0.1) is 0 Å². The Balaban J connectivity index is 1.73. The number of hydrogen-bond acceptors (Lipinski definition) is 4. The highest BCUT2D eigenvalue weighted by molar-refractivity contribution is 6.30. The number of halogens is 1. The number of benzene rings is 3. The minimum atomic E-state index is -0.151. The van der Waals surface area contributed by atoms with Gasteiger partial charge in [0.2, 0.25) is 17.7 Å². The van der Waals surface area contributed by atoms with Crippen LogP contribution in [0.4, 0.5) is 5.88 Å². The monoisotopic (exact) mass is 446 g/mol. The zero-order valence-electron chi connectivity index (χ0n) is 17.6. The van der Waals surface area contributed by atoms with E-state index in [9.17, 15) is 9.90 Å². The summed E-state index contributed by atoms with van der Waals surface area (Å²) in [6, 6.07) is 22.3. The summed E-state index contributed by atoms with van der Waals surface area (Å²) < 4.78 is 5.93. The molecule has 1 amide bonds. The molecule has 0 atom stereocenters. The van der Waals surface area contributed by atoms with Crippen LogP contribution in [0.1, 0.15) is 26.2 Å². The maximum atomic E-state index is 12.4. The predicted molar refractivity (Wildman–Crippen MR) is 128 cm³/mol. The van der Waals surface area contributed by atoms with Crippen molar-refractivity contribution >= 4 is 23.4 Å². The van der Waals surface area contributed by atoms with Crippen LogP contribution in [0, 0.1) is 0 Å². The first-order chi connectivity index (χ1) is 15.5. The van der Waals surface area contributed by atoms with E-state index in [1.54, 1.807) is 30.3 Å². The molecule has 2 N–H and O–H groups in total. The molecule has 1 aromatic heterocycles. The third kappa shape index (κ3) is 4.84. The number of carbonyl (C=O) groups excluding carboxylic acids is 1. The van der Waals surface area contributed by atoms with Crippen molar-refractivity contribution < 1.29 is 14.3 Å². The van der Waals surface area contributed by atoms with E-state index in [0.29, 0.717) is 28.3 Å². The number of oxazole rings is 1. The molecule has 4 aromatic rings. The van der Waals surface area contributed by atoms with Gasteiger partial charge in [-0.1, -0.05) is 73.5 Å². The Morgan fingerprint density at radius 1 is 1.00 bits per heavy atom. The minimum Gasteiger partial charge on any atom is -0.507 e. The number of amides is 1. The van der Waals surface area contributed by atoms with E-state index in [4.69, 9.17) is 16.0 Å². The number of carbonyl (C=O) groups is 1. The summed E-state index contributed by atoms with van der Waals surface area (Å²) in [5.41, 5.74) is 3.46. The number of nitrogens with zero attached hydrogens (tertiary/aromatic N) is 1. The van der Waals surface area contributed by atoms with Gasteiger partial charge in [-0.3, -0.25) is 10.1 Å². The fourth-order valence-corrected chi connectivity index (χ4v) is 3.59. The lowest BCUT2D eigenvalue weighted by molar-refractivity contribution is -0.116. The molecule has 3 aromatic carbocycles. The quantitative estimate of drug-likeness (QED) is 0.315. The van der Waals surface area contributed by atoms with E-state index in [1.165, 1.54) is 0 Å². The molecule has 0 spiro atoms. The predicted octanol–water partition coefficient (Wildman–Crippen LogP) is 7.16. The summed E-state index contributed by atoms with van der Waals surface area (Å²) in [5.74, 6) is 0.327. The molecule has 0 saturated carbocycles. The Kier molecular flexibility index (Phi) is 6.57. The Labute approximate surface area is 191 Å². The number of anilines is 1. The van der Waals surface area contributed by atoms with Gasteiger partial charge in [0.15, 0.2) is 0 Å². The Morgan fingerprint density at radius 3 is 2.50 bits per heavy atom. The molecule has 0 radical (unpaired) electrons. The summed E-state index contributed by atoms with van der Waals surface area (Å²) in [6.45, 7) is 2.03. The van der Waals surface area contributed by atoms with Crippen LogP contribution in [-0.2, 0) is 4.79 Å². The number of aromatic hydroxyl groups is 1. The van der Waals surface area contributed by atoms with E-state index in [0.717, 1.165) is 24.0 Å². The number of rotatable bonds is 7. The smallest absolute Gasteiger partial charge is 0.233 e. The lowest BCUT2D eigenvalue weighted by Crippen LogP contribution is -2.11. The van der Waals surface area contributed by atoms with Gasteiger partial charge < -0.3 is 9.52 Å². The summed E-state index contributed by atoms with van der Waals surface area (Å²) in [7, 11) is 0. The largest absolute Gasteiger partial charge is 0.507 e. The Hall–Kier alpha value is -3.57. The Morgan fingerprint density at radius 2 is 1.78 bits per heavy atom. The van der Waals surface area contributed by atoms with Gasteiger partial charge in [0.1, 0.15) is 11.4 Å². The van der Waals surface area contributed by atoms with E-state index in [2.05, 4.69) is 10.3 Å². The van der Waals surface area contributed by atoms with Crippen LogP contribution in [0.3, 0.4) is 0 Å². The van der Waals surface area contributed by atoms with Crippen LogP contribution in [-0.4, -0.2) is 16.0 Å². The molecule has 0 unspecified atom stereocenters. The van der Waals surface area contributed by atoms with Crippen molar-refractivity contribution in [2.24, 2.45) is 0 Å². The van der Waals surface area contributed by atoms with Gasteiger partial charge in [0.05, 0.1) is 5.56 Å². The molecule has 0 aliphatic carbocycles. The molecule has 0 saturated heterocycles. The lowest BCUT2D eigenvalue weighted by atomic mass is 10.0. The van der Waals surface area contributed by atoms with Crippen LogP contribution < -0.4 is 5.32 Å². The molecule has 5 nitrogen and oxygen atoms in total. The molecule has 6 heteroatoms. The van der Waals surface area contributed by atoms with Crippen LogP contribution in [0.15, 0.2) is 77.2 Å². The average molecular weight is 447 g/mol. The number of aromatic nitrogens is 1. The molecule has 32 heavy (non-hydrogen) atoms. The van der Waals surface area contributed by atoms with Crippen LogP contribution in [0.5, 0.6) is 5.75 Å². The number of phenols is 1. The van der Waals surface area contributed by atoms with Crippen molar-refractivity contribution in [2.75, 3.05) is 5.32 Å². The molecule has 0 aliphatic rings. The third-order valence-electron chi connectivity index (χ3n) is 5.07. The highest BCUT2D eigenvalue weighted by Crippen LogP contribution is 2.38. The zero-order valence-corrected chi connectivity index (χ0v) is 18.4. The van der Waals surface area contributed by atoms with Gasteiger partial charge in [-0.2, -0.15) is 0 Å². The normalized spacial score (nSPS) is 10.8. The first kappa shape index (κ1) is 21.7. The van der Waals surface area contributed by atoms with Crippen LogP contribution in [0.25, 0.3) is 33.8 Å². The molecular weight excluding hydrogens is 424 g/mol. The topological polar surface area (TPSA) is 75.4 Å². The van der Waals surface area contributed by atoms with E-state index < -0.39 is 0 Å². The summed E-state index contributed by atoms with van der Waals surface area (Å²) in [4.78, 5) is 17.0. The minimum absolute atomic E-state index is 0.0362. The number of phenolic OH excluding ortho intramolecular Hbond substituents is 1. The molecule has 0 aliphatic heterocycles. The van der Waals surface area contributed by atoms with Crippen molar-refractivity contribution in [3.05, 3.63) is 77.8 Å². The van der Waals surface area contributed by atoms with Crippen molar-refractivity contribution in [1.82, 2.24) is 4.98 Å². The maximum Gasteiger partial charge on any atom is 0.233 e. The van der Waals surface area contributed by atoms with E-state index >= 15 is 0 Å². The van der Waals surface area contributed by atoms with Crippen LogP contribution >= 0.6 is 11.6 Å². The van der Waals surface area contributed by atoms with Gasteiger partial charge in [0, 0.05) is 17.0 Å². The van der Waals surface area contributed by atoms with Gasteiger partial charge >= 0.3 is 0 Å². The van der Waals surface area contributed by atoms with Crippen molar-refractivity contribution in [2.45, 2.75) is 26.2 Å². The first-order valence-corrected chi connectivity index (χ1v) is 10.9. The SMILES string of the molecule is CCCCC(=O)Nc1oc(-c2ccc(-c3ccccc3)cc2O)nc1-c1cccc(Cl)c1. The highest BCUT2D eigenvalue weighted by Gasteiger charge is 2.20. The highest BCUT2D eigenvalue weighted by atomic mass is 35.5. The van der Waals surface area contributed by atoms with Crippen LogP contribution in [0.2, 0.25) is 5.02 Å². The third-order valence-corrected chi connectivity index (χ3v) is 5.31. The second-order valence-electron chi connectivity index (χ2n) is 7.46. The van der Waals surface area contributed by atoms with Gasteiger partial charge in [0.25, 0.3) is 0 Å². The number of unbranched alkanes of at least 4 members (excludes halogenated alkanes) is 1. The molecular formula is C26H23ClN2O3. The Bertz CT molecular complexity index is 1240. The summed E-state index contributed by atoms with van der Waals surface area (Å²) in [6.07, 6.45) is 2.08. The zero-order chi connectivity index (χ0) is 22.5. The number of hydrogen-bond donors (Lipinski definition) is 2. The lowest BCUT2D eigenvalue weighted by Gasteiger charge is -2.05. The first-order valence-electron chi connectivity index (χ1n) is 10.5. The molecule has 0 bridgehead atoms. The number of nitrogens with one attached hydrogen (secondary N) is 1. The van der Waals surface area contributed by atoms with E-state index in [1.807, 2.05) is 49.4 Å². The fourth-order valence-electron chi connectivity index (χ4n) is 3.40. The second kappa shape index (κ2) is 9.71. The van der Waals surface area contributed by atoms with Crippen molar-refractivity contribution in [3.63, 3.8) is 0 Å².